The molecule has 8 heteroatoms. The van der Waals surface area contributed by atoms with E-state index in [0.29, 0.717) is 16.7 Å². The van der Waals surface area contributed by atoms with Crippen LogP contribution in [0, 0.1) is 0 Å². The van der Waals surface area contributed by atoms with Crippen LogP contribution in [0.15, 0.2) is 58.8 Å². The monoisotopic (exact) mass is 455 g/mol. The summed E-state index contributed by atoms with van der Waals surface area (Å²) in [6.45, 7) is 9.32. The molecule has 2 aromatic carbocycles. The molecule has 0 radical (unpaired) electrons. The molecule has 0 bridgehead atoms. The van der Waals surface area contributed by atoms with Crippen molar-refractivity contribution in [1.82, 2.24) is 20.2 Å². The van der Waals surface area contributed by atoms with Gasteiger partial charge in [0.1, 0.15) is 0 Å². The number of carbonyl (C=O) groups excluding carboxylic acids is 1. The number of nitrogens with one attached hydrogen (secondary N) is 1. The number of hydrazone groups is 1. The zero-order chi connectivity index (χ0) is 22.4. The summed E-state index contributed by atoms with van der Waals surface area (Å²) < 4.78 is 2.01. The first-order valence-corrected chi connectivity index (χ1v) is 11.4. The highest BCUT2D eigenvalue weighted by molar-refractivity contribution is 7.99. The van der Waals surface area contributed by atoms with E-state index in [9.17, 15) is 4.79 Å². The van der Waals surface area contributed by atoms with Gasteiger partial charge in [0.2, 0.25) is 0 Å². The molecular weight excluding hydrogens is 430 g/mol. The van der Waals surface area contributed by atoms with E-state index in [2.05, 4.69) is 65.8 Å². The summed E-state index contributed by atoms with van der Waals surface area (Å²) in [6.07, 6.45) is 1.56. The molecular formula is C23H26ClN5OS. The highest BCUT2D eigenvalue weighted by Crippen LogP contribution is 2.27. The largest absolute Gasteiger partial charge is 0.302 e. The smallest absolute Gasteiger partial charge is 0.250 e. The van der Waals surface area contributed by atoms with Crippen molar-refractivity contribution in [3.63, 3.8) is 0 Å². The lowest BCUT2D eigenvalue weighted by atomic mass is 9.87. The molecule has 1 aromatic heterocycles. The van der Waals surface area contributed by atoms with E-state index < -0.39 is 0 Å². The Kier molecular flexibility index (Phi) is 7.51. The van der Waals surface area contributed by atoms with Crippen molar-refractivity contribution in [2.45, 2.75) is 44.8 Å². The Morgan fingerprint density at radius 2 is 1.94 bits per heavy atom. The molecule has 0 spiro atoms. The van der Waals surface area contributed by atoms with Crippen LogP contribution in [0.2, 0.25) is 5.02 Å². The number of hydrogen-bond donors (Lipinski definition) is 1. The maximum absolute atomic E-state index is 12.2. The molecule has 1 heterocycles. The Bertz CT molecular complexity index is 1070. The SMILES string of the molecule is CCn1c(SCC(=O)N/N=C/c2cccc(Cl)c2)nnc1-c1ccc(C(C)(C)C)cc1. The van der Waals surface area contributed by atoms with Crippen molar-refractivity contribution in [2.24, 2.45) is 5.10 Å². The highest BCUT2D eigenvalue weighted by Gasteiger charge is 2.17. The van der Waals surface area contributed by atoms with Gasteiger partial charge in [0.25, 0.3) is 5.91 Å². The van der Waals surface area contributed by atoms with Crippen molar-refractivity contribution >= 4 is 35.5 Å². The first-order valence-electron chi connectivity index (χ1n) is 10.0. The molecule has 0 unspecified atom stereocenters. The molecule has 0 saturated heterocycles. The highest BCUT2D eigenvalue weighted by atomic mass is 35.5. The van der Waals surface area contributed by atoms with Crippen molar-refractivity contribution in [2.75, 3.05) is 5.75 Å². The van der Waals surface area contributed by atoms with Crippen molar-refractivity contribution in [3.05, 3.63) is 64.7 Å². The summed E-state index contributed by atoms with van der Waals surface area (Å²) in [5, 5.41) is 13.9. The quantitative estimate of drug-likeness (QED) is 0.303. The van der Waals surface area contributed by atoms with Gasteiger partial charge in [-0.2, -0.15) is 5.10 Å². The molecule has 0 fully saturated rings. The van der Waals surface area contributed by atoms with Crippen LogP contribution in [-0.2, 0) is 16.8 Å². The first-order chi connectivity index (χ1) is 14.8. The molecule has 0 atom stereocenters. The molecule has 1 amide bonds. The van der Waals surface area contributed by atoms with Crippen LogP contribution in [0.3, 0.4) is 0 Å². The number of benzene rings is 2. The van der Waals surface area contributed by atoms with Crippen molar-refractivity contribution < 1.29 is 4.79 Å². The average Bonchev–Trinajstić information content (AvgIpc) is 3.15. The third kappa shape index (κ3) is 6.18. The predicted molar refractivity (Wildman–Crippen MR) is 128 cm³/mol. The maximum Gasteiger partial charge on any atom is 0.250 e. The number of amides is 1. The predicted octanol–water partition coefficient (Wildman–Crippen LogP) is 5.16. The Morgan fingerprint density at radius 3 is 2.58 bits per heavy atom. The summed E-state index contributed by atoms with van der Waals surface area (Å²) in [5.74, 6) is 0.767. The minimum atomic E-state index is -0.218. The van der Waals surface area contributed by atoms with E-state index in [4.69, 9.17) is 11.6 Å². The van der Waals surface area contributed by atoms with Gasteiger partial charge in [-0.3, -0.25) is 4.79 Å². The third-order valence-electron chi connectivity index (χ3n) is 4.63. The van der Waals surface area contributed by atoms with Gasteiger partial charge in [-0.15, -0.1) is 10.2 Å². The number of thioether (sulfide) groups is 1. The van der Waals surface area contributed by atoms with Crippen molar-refractivity contribution in [3.8, 4) is 11.4 Å². The van der Waals surface area contributed by atoms with Crippen LogP contribution in [0.5, 0.6) is 0 Å². The standard InChI is InChI=1S/C23H26ClN5OS/c1-5-29-21(17-9-11-18(12-10-17)23(2,3)4)27-28-22(29)31-15-20(30)26-25-14-16-7-6-8-19(24)13-16/h6-14H,5,15H2,1-4H3,(H,26,30)/b25-14+. The van der Waals surface area contributed by atoms with Gasteiger partial charge in [-0.25, -0.2) is 5.43 Å². The summed E-state index contributed by atoms with van der Waals surface area (Å²) in [5.41, 5.74) is 5.71. The van der Waals surface area contributed by atoms with Gasteiger partial charge >= 0.3 is 0 Å². The van der Waals surface area contributed by atoms with Crippen LogP contribution in [0.1, 0.15) is 38.8 Å². The first kappa shape index (κ1) is 23.0. The maximum atomic E-state index is 12.2. The zero-order valence-corrected chi connectivity index (χ0v) is 19.7. The average molecular weight is 456 g/mol. The molecule has 0 aliphatic heterocycles. The van der Waals surface area contributed by atoms with E-state index in [1.165, 1.54) is 17.3 Å². The lowest BCUT2D eigenvalue weighted by molar-refractivity contribution is -0.118. The number of rotatable bonds is 7. The van der Waals surface area contributed by atoms with E-state index >= 15 is 0 Å². The molecule has 6 nitrogen and oxygen atoms in total. The van der Waals surface area contributed by atoms with E-state index in [-0.39, 0.29) is 17.1 Å². The topological polar surface area (TPSA) is 72.2 Å². The normalized spacial score (nSPS) is 11.8. The lowest BCUT2D eigenvalue weighted by Gasteiger charge is -2.19. The second-order valence-electron chi connectivity index (χ2n) is 8.01. The number of aromatic nitrogens is 3. The van der Waals surface area contributed by atoms with Crippen LogP contribution in [0.25, 0.3) is 11.4 Å². The zero-order valence-electron chi connectivity index (χ0n) is 18.1. The van der Waals surface area contributed by atoms with Crippen LogP contribution in [-0.4, -0.2) is 32.6 Å². The fourth-order valence-electron chi connectivity index (χ4n) is 2.94. The van der Waals surface area contributed by atoms with Gasteiger partial charge < -0.3 is 4.57 Å². The molecule has 3 aromatic rings. The van der Waals surface area contributed by atoms with E-state index in [0.717, 1.165) is 17.0 Å². The Hall–Kier alpha value is -2.64. The molecule has 162 valence electrons. The van der Waals surface area contributed by atoms with Gasteiger partial charge in [0.15, 0.2) is 11.0 Å². The summed E-state index contributed by atoms with van der Waals surface area (Å²) in [7, 11) is 0. The van der Waals surface area contributed by atoms with Crippen LogP contribution < -0.4 is 5.43 Å². The molecule has 0 aliphatic rings. The van der Waals surface area contributed by atoms with Gasteiger partial charge in [0.05, 0.1) is 12.0 Å². The third-order valence-corrected chi connectivity index (χ3v) is 5.83. The fourth-order valence-corrected chi connectivity index (χ4v) is 3.93. The Labute approximate surface area is 192 Å². The number of nitrogens with zero attached hydrogens (tertiary/aromatic N) is 4. The second kappa shape index (κ2) is 10.1. The summed E-state index contributed by atoms with van der Waals surface area (Å²) >= 11 is 7.27. The number of carbonyl (C=O) groups is 1. The molecule has 1 N–H and O–H groups in total. The van der Waals surface area contributed by atoms with Crippen molar-refractivity contribution in [1.29, 1.82) is 0 Å². The second-order valence-corrected chi connectivity index (χ2v) is 9.39. The van der Waals surface area contributed by atoms with E-state index in [1.807, 2.05) is 23.6 Å². The van der Waals surface area contributed by atoms with Crippen LogP contribution in [0.4, 0.5) is 0 Å². The fraction of sp³-hybridized carbons (Fsp3) is 0.304. The van der Waals surface area contributed by atoms with Crippen LogP contribution >= 0.6 is 23.4 Å². The minimum absolute atomic E-state index is 0.0978. The number of halogens is 1. The minimum Gasteiger partial charge on any atom is -0.302 e. The Balaban J connectivity index is 1.62. The summed E-state index contributed by atoms with van der Waals surface area (Å²) in [4.78, 5) is 12.2. The lowest BCUT2D eigenvalue weighted by Crippen LogP contribution is -2.20. The van der Waals surface area contributed by atoms with Gasteiger partial charge in [0, 0.05) is 17.1 Å². The molecule has 0 aliphatic carbocycles. The molecule has 3 rings (SSSR count). The summed E-state index contributed by atoms with van der Waals surface area (Å²) in [6, 6.07) is 15.6. The van der Waals surface area contributed by atoms with E-state index in [1.54, 1.807) is 18.3 Å². The molecule has 0 saturated carbocycles. The molecule has 31 heavy (non-hydrogen) atoms. The Morgan fingerprint density at radius 1 is 1.19 bits per heavy atom. The van der Waals surface area contributed by atoms with Gasteiger partial charge in [-0.05, 0) is 35.6 Å². The number of hydrogen-bond acceptors (Lipinski definition) is 5. The van der Waals surface area contributed by atoms with Gasteiger partial charge in [-0.1, -0.05) is 80.5 Å².